The number of pyridine rings is 1. The minimum Gasteiger partial charge on any atom is -0.362 e. The molecule has 3 heteroatoms. The van der Waals surface area contributed by atoms with Gasteiger partial charge in [-0.15, -0.1) is 0 Å². The van der Waals surface area contributed by atoms with Crippen molar-refractivity contribution in [3.63, 3.8) is 0 Å². The minimum absolute atomic E-state index is 0.271. The molecule has 3 rings (SSSR count). The Morgan fingerprint density at radius 3 is 3.18 bits per heavy atom. The number of nitrogens with one attached hydrogen (secondary N) is 1. The lowest BCUT2D eigenvalue weighted by Gasteiger charge is -2.27. The minimum atomic E-state index is 0.271. The van der Waals surface area contributed by atoms with Crippen molar-refractivity contribution in [3.05, 3.63) is 41.8 Å². The van der Waals surface area contributed by atoms with Crippen molar-refractivity contribution >= 4 is 11.5 Å². The molecule has 1 aliphatic heterocycles. The van der Waals surface area contributed by atoms with Crippen LogP contribution in [0.1, 0.15) is 26.7 Å². The first-order valence-corrected chi connectivity index (χ1v) is 6.14. The summed E-state index contributed by atoms with van der Waals surface area (Å²) in [6, 6.07) is 4.06. The predicted octanol–water partition coefficient (Wildman–Crippen LogP) is 3.28. The van der Waals surface area contributed by atoms with Gasteiger partial charge in [-0.25, -0.2) is 4.98 Å². The number of hydrogen-bond donors (Lipinski definition) is 1. The quantitative estimate of drug-likeness (QED) is 0.798. The lowest BCUT2D eigenvalue weighted by molar-refractivity contribution is 0.782. The van der Waals surface area contributed by atoms with Gasteiger partial charge < -0.3 is 10.2 Å². The standard InChI is InChI=1S/C14H17N3/c1-10-6-3-4-8-13(10)17-11(2)16-12-7-5-9-15-14(12)17/h4-5,7-9,11,16H,3,6H2,1-2H3/t11-/m1/s1. The van der Waals surface area contributed by atoms with E-state index in [0.29, 0.717) is 0 Å². The van der Waals surface area contributed by atoms with Crippen LogP contribution in [0.15, 0.2) is 41.8 Å². The zero-order valence-corrected chi connectivity index (χ0v) is 10.3. The maximum absolute atomic E-state index is 4.50. The van der Waals surface area contributed by atoms with E-state index in [-0.39, 0.29) is 6.17 Å². The molecule has 0 saturated carbocycles. The highest BCUT2D eigenvalue weighted by molar-refractivity contribution is 5.75. The summed E-state index contributed by atoms with van der Waals surface area (Å²) in [5, 5.41) is 3.46. The van der Waals surface area contributed by atoms with Gasteiger partial charge in [0.15, 0.2) is 5.82 Å². The van der Waals surface area contributed by atoms with Crippen LogP contribution in [-0.2, 0) is 0 Å². The molecule has 1 aromatic rings. The second-order valence-electron chi connectivity index (χ2n) is 4.67. The zero-order chi connectivity index (χ0) is 11.8. The van der Waals surface area contributed by atoms with Crippen molar-refractivity contribution in [3.8, 4) is 0 Å². The van der Waals surface area contributed by atoms with Gasteiger partial charge in [0.25, 0.3) is 0 Å². The molecule has 0 unspecified atom stereocenters. The van der Waals surface area contributed by atoms with Crippen LogP contribution in [0, 0.1) is 0 Å². The van der Waals surface area contributed by atoms with E-state index < -0.39 is 0 Å². The number of nitrogens with zero attached hydrogens (tertiary/aromatic N) is 2. The largest absolute Gasteiger partial charge is 0.362 e. The lowest BCUT2D eigenvalue weighted by atomic mass is 10.0. The topological polar surface area (TPSA) is 28.2 Å². The lowest BCUT2D eigenvalue weighted by Crippen LogP contribution is -2.33. The Labute approximate surface area is 102 Å². The molecule has 1 aromatic heterocycles. The summed E-state index contributed by atoms with van der Waals surface area (Å²) in [6.45, 7) is 4.39. The molecule has 2 heterocycles. The highest BCUT2D eigenvalue weighted by Gasteiger charge is 2.29. The zero-order valence-electron chi connectivity index (χ0n) is 10.3. The van der Waals surface area contributed by atoms with Crippen LogP contribution in [0.3, 0.4) is 0 Å². The number of aromatic nitrogens is 1. The van der Waals surface area contributed by atoms with Crippen molar-refractivity contribution < 1.29 is 0 Å². The van der Waals surface area contributed by atoms with E-state index in [2.05, 4.69) is 47.3 Å². The Bertz CT molecular complexity index is 502. The van der Waals surface area contributed by atoms with Gasteiger partial charge >= 0.3 is 0 Å². The molecule has 0 fully saturated rings. The highest BCUT2D eigenvalue weighted by Crippen LogP contribution is 2.37. The molecule has 3 nitrogen and oxygen atoms in total. The van der Waals surface area contributed by atoms with Crippen LogP contribution in [0.5, 0.6) is 0 Å². The summed E-state index contributed by atoms with van der Waals surface area (Å²) in [5.74, 6) is 1.04. The van der Waals surface area contributed by atoms with Crippen molar-refractivity contribution in [2.75, 3.05) is 10.2 Å². The maximum atomic E-state index is 4.50. The molecule has 0 spiro atoms. The molecule has 0 radical (unpaired) electrons. The van der Waals surface area contributed by atoms with E-state index in [1.807, 2.05) is 12.3 Å². The SMILES string of the molecule is CC1=C(N2c3ncccc3N[C@H]2C)C=CCC1. The summed E-state index contributed by atoms with van der Waals surface area (Å²) in [7, 11) is 0. The first-order chi connectivity index (χ1) is 8.27. The van der Waals surface area contributed by atoms with Gasteiger partial charge in [0, 0.05) is 11.9 Å². The van der Waals surface area contributed by atoms with Crippen LogP contribution >= 0.6 is 0 Å². The van der Waals surface area contributed by atoms with E-state index in [0.717, 1.165) is 24.3 Å². The predicted molar refractivity (Wildman–Crippen MR) is 70.9 cm³/mol. The van der Waals surface area contributed by atoms with Crippen LogP contribution in [0.25, 0.3) is 0 Å². The number of hydrogen-bond acceptors (Lipinski definition) is 3. The Kier molecular flexibility index (Phi) is 2.39. The molecule has 1 atom stereocenters. The molecule has 17 heavy (non-hydrogen) atoms. The third-order valence-electron chi connectivity index (χ3n) is 3.43. The molecule has 0 aromatic carbocycles. The average Bonchev–Trinajstić information content (AvgIpc) is 2.66. The Morgan fingerprint density at radius 2 is 2.35 bits per heavy atom. The van der Waals surface area contributed by atoms with Crippen molar-refractivity contribution in [2.24, 2.45) is 0 Å². The van der Waals surface area contributed by atoms with Crippen molar-refractivity contribution in [2.45, 2.75) is 32.9 Å². The second-order valence-corrected chi connectivity index (χ2v) is 4.67. The summed E-state index contributed by atoms with van der Waals surface area (Å²) in [4.78, 5) is 6.79. The fourth-order valence-corrected chi connectivity index (χ4v) is 2.55. The van der Waals surface area contributed by atoms with E-state index in [1.54, 1.807) is 0 Å². The normalized spacial score (nSPS) is 22.7. The fourth-order valence-electron chi connectivity index (χ4n) is 2.55. The van der Waals surface area contributed by atoms with E-state index in [4.69, 9.17) is 0 Å². The fraction of sp³-hybridized carbons (Fsp3) is 0.357. The number of fused-ring (bicyclic) bond motifs is 1. The number of rotatable bonds is 1. The van der Waals surface area contributed by atoms with Gasteiger partial charge in [-0.1, -0.05) is 6.08 Å². The average molecular weight is 227 g/mol. The summed E-state index contributed by atoms with van der Waals surface area (Å²) in [5.41, 5.74) is 3.87. The highest BCUT2D eigenvalue weighted by atomic mass is 15.4. The first-order valence-electron chi connectivity index (χ1n) is 6.14. The van der Waals surface area contributed by atoms with Crippen LogP contribution in [-0.4, -0.2) is 11.1 Å². The molecular weight excluding hydrogens is 210 g/mol. The summed E-state index contributed by atoms with van der Waals surface area (Å²) < 4.78 is 0. The van der Waals surface area contributed by atoms with Crippen LogP contribution in [0.4, 0.5) is 11.5 Å². The van der Waals surface area contributed by atoms with Gasteiger partial charge in [-0.05, 0) is 50.5 Å². The van der Waals surface area contributed by atoms with Gasteiger partial charge in [-0.3, -0.25) is 0 Å². The second kappa shape index (κ2) is 3.91. The van der Waals surface area contributed by atoms with E-state index in [9.17, 15) is 0 Å². The third kappa shape index (κ3) is 1.62. The van der Waals surface area contributed by atoms with Gasteiger partial charge in [0.1, 0.15) is 6.17 Å². The summed E-state index contributed by atoms with van der Waals surface area (Å²) >= 11 is 0. The molecule has 88 valence electrons. The molecule has 0 saturated heterocycles. The Hall–Kier alpha value is -1.77. The molecule has 1 aliphatic carbocycles. The van der Waals surface area contributed by atoms with Crippen molar-refractivity contribution in [1.29, 1.82) is 0 Å². The van der Waals surface area contributed by atoms with E-state index in [1.165, 1.54) is 11.3 Å². The number of anilines is 2. The van der Waals surface area contributed by atoms with Crippen LogP contribution < -0.4 is 10.2 Å². The Balaban J connectivity index is 2.07. The Morgan fingerprint density at radius 1 is 1.47 bits per heavy atom. The smallest absolute Gasteiger partial charge is 0.158 e. The molecule has 2 aliphatic rings. The van der Waals surface area contributed by atoms with E-state index >= 15 is 0 Å². The van der Waals surface area contributed by atoms with Gasteiger partial charge in [0.05, 0.1) is 5.69 Å². The van der Waals surface area contributed by atoms with Crippen molar-refractivity contribution in [1.82, 2.24) is 4.98 Å². The van der Waals surface area contributed by atoms with Gasteiger partial charge in [0.2, 0.25) is 0 Å². The molecule has 0 bridgehead atoms. The maximum Gasteiger partial charge on any atom is 0.158 e. The third-order valence-corrected chi connectivity index (χ3v) is 3.43. The van der Waals surface area contributed by atoms with Gasteiger partial charge in [-0.2, -0.15) is 0 Å². The first kappa shape index (κ1) is 10.4. The monoisotopic (exact) mass is 227 g/mol. The van der Waals surface area contributed by atoms with Crippen LogP contribution in [0.2, 0.25) is 0 Å². The molecule has 1 N–H and O–H groups in total. The molecule has 0 amide bonds. The summed E-state index contributed by atoms with van der Waals surface area (Å²) in [6.07, 6.45) is 8.90. The number of allylic oxidation sites excluding steroid dienone is 3. The molecular formula is C14H17N3.